The summed E-state index contributed by atoms with van der Waals surface area (Å²) in [6.07, 6.45) is 0.713. The molecule has 1 heterocycles. The maximum atomic E-state index is 10.8. The second kappa shape index (κ2) is 6.55. The van der Waals surface area contributed by atoms with Gasteiger partial charge in [0.05, 0.1) is 12.0 Å². The van der Waals surface area contributed by atoms with Crippen LogP contribution in [0.2, 0.25) is 0 Å². The van der Waals surface area contributed by atoms with Crippen molar-refractivity contribution in [2.75, 3.05) is 0 Å². The first kappa shape index (κ1) is 17.0. The van der Waals surface area contributed by atoms with Crippen LogP contribution in [0.15, 0.2) is 36.7 Å². The summed E-state index contributed by atoms with van der Waals surface area (Å²) in [7, 11) is 0. The highest BCUT2D eigenvalue weighted by molar-refractivity contribution is 5.75. The molecular formula is C17H13N3O6. The largest absolute Gasteiger partial charge is 0.508 e. The van der Waals surface area contributed by atoms with Gasteiger partial charge in [-0.15, -0.1) is 0 Å². The number of phenols is 4. The Balaban J connectivity index is 2.05. The molecule has 1 aromatic heterocycles. The van der Waals surface area contributed by atoms with E-state index < -0.39 is 12.4 Å². The second-order valence-electron chi connectivity index (χ2n) is 5.44. The summed E-state index contributed by atoms with van der Waals surface area (Å²) in [6.45, 7) is 0. The van der Waals surface area contributed by atoms with E-state index in [-0.39, 0.29) is 45.8 Å². The Labute approximate surface area is 146 Å². The SMILES string of the molecule is O=C(O)Cc1cc(O)c(-c2ncnc(-c3cc(O)cc(O)c3)n2)cc1O. The minimum atomic E-state index is -1.15. The average Bonchev–Trinajstić information content (AvgIpc) is 2.56. The van der Waals surface area contributed by atoms with Crippen molar-refractivity contribution in [3.63, 3.8) is 0 Å². The Morgan fingerprint density at radius 1 is 0.846 bits per heavy atom. The van der Waals surface area contributed by atoms with E-state index in [1.54, 1.807) is 0 Å². The van der Waals surface area contributed by atoms with E-state index in [1.807, 2.05) is 0 Å². The minimum absolute atomic E-state index is 0.0208. The Morgan fingerprint density at radius 2 is 1.50 bits per heavy atom. The summed E-state index contributed by atoms with van der Waals surface area (Å²) in [5, 5.41) is 48.1. The van der Waals surface area contributed by atoms with Gasteiger partial charge in [0.1, 0.15) is 29.3 Å². The number of carbonyl (C=O) groups is 1. The summed E-state index contributed by atoms with van der Waals surface area (Å²) in [6, 6.07) is 6.12. The summed E-state index contributed by atoms with van der Waals surface area (Å²) >= 11 is 0. The lowest BCUT2D eigenvalue weighted by molar-refractivity contribution is -0.136. The van der Waals surface area contributed by atoms with Gasteiger partial charge in [-0.05, 0) is 24.3 Å². The molecule has 0 saturated carbocycles. The van der Waals surface area contributed by atoms with Gasteiger partial charge in [0.15, 0.2) is 11.6 Å². The van der Waals surface area contributed by atoms with Crippen molar-refractivity contribution in [2.24, 2.45) is 0 Å². The predicted molar refractivity (Wildman–Crippen MR) is 88.7 cm³/mol. The normalized spacial score (nSPS) is 10.6. The first-order valence-electron chi connectivity index (χ1n) is 7.33. The highest BCUT2D eigenvalue weighted by Gasteiger charge is 2.16. The van der Waals surface area contributed by atoms with Crippen molar-refractivity contribution < 1.29 is 30.3 Å². The highest BCUT2D eigenvalue weighted by Crippen LogP contribution is 2.34. The molecule has 2 aromatic carbocycles. The van der Waals surface area contributed by atoms with Crippen LogP contribution in [0.25, 0.3) is 22.8 Å². The fourth-order valence-electron chi connectivity index (χ4n) is 2.39. The van der Waals surface area contributed by atoms with E-state index in [0.29, 0.717) is 5.56 Å². The van der Waals surface area contributed by atoms with Crippen LogP contribution in [0.5, 0.6) is 23.0 Å². The number of aromatic hydroxyl groups is 4. The minimum Gasteiger partial charge on any atom is -0.508 e. The van der Waals surface area contributed by atoms with Gasteiger partial charge in [-0.1, -0.05) is 0 Å². The van der Waals surface area contributed by atoms with Crippen LogP contribution in [-0.4, -0.2) is 46.5 Å². The number of phenolic OH excluding ortho intramolecular Hbond substituents is 4. The van der Waals surface area contributed by atoms with Crippen LogP contribution in [0, 0.1) is 0 Å². The number of aromatic nitrogens is 3. The molecule has 0 unspecified atom stereocenters. The third kappa shape index (κ3) is 3.46. The van der Waals surface area contributed by atoms with E-state index in [2.05, 4.69) is 15.0 Å². The second-order valence-corrected chi connectivity index (χ2v) is 5.44. The Bertz CT molecular complexity index is 986. The van der Waals surface area contributed by atoms with Crippen molar-refractivity contribution in [1.29, 1.82) is 0 Å². The monoisotopic (exact) mass is 355 g/mol. The van der Waals surface area contributed by atoms with Crippen LogP contribution >= 0.6 is 0 Å². The van der Waals surface area contributed by atoms with E-state index in [0.717, 1.165) is 18.2 Å². The van der Waals surface area contributed by atoms with Crippen molar-refractivity contribution in [3.8, 4) is 45.8 Å². The van der Waals surface area contributed by atoms with Gasteiger partial charge in [0, 0.05) is 17.2 Å². The van der Waals surface area contributed by atoms with Crippen LogP contribution < -0.4 is 0 Å². The number of hydrogen-bond acceptors (Lipinski definition) is 8. The zero-order valence-electron chi connectivity index (χ0n) is 13.2. The smallest absolute Gasteiger partial charge is 0.307 e. The first-order valence-corrected chi connectivity index (χ1v) is 7.33. The molecule has 26 heavy (non-hydrogen) atoms. The molecule has 0 radical (unpaired) electrons. The fraction of sp³-hybridized carbons (Fsp3) is 0.0588. The zero-order chi connectivity index (χ0) is 18.8. The van der Waals surface area contributed by atoms with Crippen LogP contribution in [0.3, 0.4) is 0 Å². The highest BCUT2D eigenvalue weighted by atomic mass is 16.4. The molecule has 0 aliphatic carbocycles. The molecule has 0 amide bonds. The first-order chi connectivity index (χ1) is 12.3. The zero-order valence-corrected chi connectivity index (χ0v) is 13.2. The van der Waals surface area contributed by atoms with E-state index in [9.17, 15) is 25.2 Å². The summed E-state index contributed by atoms with van der Waals surface area (Å²) in [5.74, 6) is -2.01. The number of aliphatic carboxylic acids is 1. The summed E-state index contributed by atoms with van der Waals surface area (Å²) in [5.41, 5.74) is 0.438. The quantitative estimate of drug-likeness (QED) is 0.439. The standard InChI is InChI=1S/C17H13N3O6/c21-10-1-9(2-11(22)5-10)16-18-7-19-17(20-16)12-6-13(23)8(3-14(12)24)4-15(25)26/h1-3,5-7,21-24H,4H2,(H,25,26). The molecule has 9 heteroatoms. The van der Waals surface area contributed by atoms with Crippen molar-refractivity contribution >= 4 is 5.97 Å². The van der Waals surface area contributed by atoms with Gasteiger partial charge in [-0.25, -0.2) is 15.0 Å². The molecule has 9 nitrogen and oxygen atoms in total. The predicted octanol–water partition coefficient (Wildman–Crippen LogP) is 1.66. The van der Waals surface area contributed by atoms with E-state index in [1.165, 1.54) is 18.5 Å². The van der Waals surface area contributed by atoms with Crippen molar-refractivity contribution in [3.05, 3.63) is 42.2 Å². The molecule has 0 fully saturated rings. The number of carboxylic acids is 1. The van der Waals surface area contributed by atoms with Gasteiger partial charge in [0.2, 0.25) is 0 Å². The summed E-state index contributed by atoms with van der Waals surface area (Å²) in [4.78, 5) is 22.8. The molecule has 0 aliphatic rings. The summed E-state index contributed by atoms with van der Waals surface area (Å²) < 4.78 is 0. The van der Waals surface area contributed by atoms with Crippen LogP contribution in [-0.2, 0) is 11.2 Å². The van der Waals surface area contributed by atoms with Gasteiger partial charge in [-0.2, -0.15) is 0 Å². The molecule has 5 N–H and O–H groups in total. The Morgan fingerprint density at radius 3 is 2.15 bits per heavy atom. The van der Waals surface area contributed by atoms with Crippen molar-refractivity contribution in [1.82, 2.24) is 15.0 Å². The van der Waals surface area contributed by atoms with Crippen molar-refractivity contribution in [2.45, 2.75) is 6.42 Å². The Hall–Kier alpha value is -3.88. The lowest BCUT2D eigenvalue weighted by Crippen LogP contribution is -2.01. The third-order valence-electron chi connectivity index (χ3n) is 3.51. The molecular weight excluding hydrogens is 342 g/mol. The molecule has 3 rings (SSSR count). The molecule has 3 aromatic rings. The maximum absolute atomic E-state index is 10.8. The van der Waals surface area contributed by atoms with Gasteiger partial charge in [0.25, 0.3) is 0 Å². The number of nitrogens with zero attached hydrogens (tertiary/aromatic N) is 3. The van der Waals surface area contributed by atoms with Gasteiger partial charge >= 0.3 is 5.97 Å². The molecule has 0 aliphatic heterocycles. The van der Waals surface area contributed by atoms with Gasteiger partial charge < -0.3 is 25.5 Å². The maximum Gasteiger partial charge on any atom is 0.307 e. The lowest BCUT2D eigenvalue weighted by Gasteiger charge is -2.09. The number of benzene rings is 2. The van der Waals surface area contributed by atoms with Crippen LogP contribution in [0.1, 0.15) is 5.56 Å². The number of hydrogen-bond donors (Lipinski definition) is 5. The molecule has 0 bridgehead atoms. The van der Waals surface area contributed by atoms with E-state index >= 15 is 0 Å². The third-order valence-corrected chi connectivity index (χ3v) is 3.51. The average molecular weight is 355 g/mol. The van der Waals surface area contributed by atoms with Gasteiger partial charge in [-0.3, -0.25) is 4.79 Å². The van der Waals surface area contributed by atoms with Crippen LogP contribution in [0.4, 0.5) is 0 Å². The lowest BCUT2D eigenvalue weighted by atomic mass is 10.1. The molecule has 132 valence electrons. The Kier molecular flexibility index (Phi) is 4.27. The number of carboxylic acid groups (broad SMARTS) is 1. The van der Waals surface area contributed by atoms with E-state index in [4.69, 9.17) is 5.11 Å². The topological polar surface area (TPSA) is 157 Å². The number of rotatable bonds is 4. The molecule has 0 atom stereocenters. The molecule has 0 saturated heterocycles. The fourth-order valence-corrected chi connectivity index (χ4v) is 2.39. The molecule has 0 spiro atoms.